The number of aromatic nitrogens is 1. The third-order valence-corrected chi connectivity index (χ3v) is 1.47. The van der Waals surface area contributed by atoms with Crippen LogP contribution in [-0.2, 0) is 5.88 Å². The second kappa shape index (κ2) is 2.88. The predicted octanol–water partition coefficient (Wildman–Crippen LogP) is 1.83. The average molecular weight is 158 g/mol. The van der Waals surface area contributed by atoms with Gasteiger partial charge in [-0.2, -0.15) is 0 Å². The molecule has 1 N–H and O–H groups in total. The van der Waals surface area contributed by atoms with Crippen LogP contribution < -0.4 is 0 Å². The SMILES string of the molecule is Cc1ccc(O)c(CCl)n1. The van der Waals surface area contributed by atoms with Crippen molar-refractivity contribution >= 4 is 11.6 Å². The molecule has 0 fully saturated rings. The maximum absolute atomic E-state index is 9.09. The van der Waals surface area contributed by atoms with E-state index in [4.69, 9.17) is 16.7 Å². The zero-order valence-corrected chi connectivity index (χ0v) is 6.39. The summed E-state index contributed by atoms with van der Waals surface area (Å²) in [5, 5.41) is 9.09. The minimum Gasteiger partial charge on any atom is -0.506 e. The fourth-order valence-electron chi connectivity index (χ4n) is 0.701. The summed E-state index contributed by atoms with van der Waals surface area (Å²) in [4.78, 5) is 4.01. The van der Waals surface area contributed by atoms with E-state index < -0.39 is 0 Å². The van der Waals surface area contributed by atoms with Gasteiger partial charge in [-0.25, -0.2) is 0 Å². The van der Waals surface area contributed by atoms with Crippen LogP contribution in [-0.4, -0.2) is 10.1 Å². The monoisotopic (exact) mass is 157 g/mol. The molecule has 1 heterocycles. The van der Waals surface area contributed by atoms with Crippen LogP contribution in [0.5, 0.6) is 5.75 Å². The molecule has 0 amide bonds. The Morgan fingerprint density at radius 1 is 1.60 bits per heavy atom. The van der Waals surface area contributed by atoms with E-state index in [-0.39, 0.29) is 11.6 Å². The average Bonchev–Trinajstić information content (AvgIpc) is 1.94. The van der Waals surface area contributed by atoms with Gasteiger partial charge >= 0.3 is 0 Å². The minimum absolute atomic E-state index is 0.167. The maximum Gasteiger partial charge on any atom is 0.138 e. The Morgan fingerprint density at radius 3 is 2.80 bits per heavy atom. The molecule has 1 aromatic rings. The maximum atomic E-state index is 9.09. The summed E-state index contributed by atoms with van der Waals surface area (Å²) in [6, 6.07) is 3.34. The summed E-state index contributed by atoms with van der Waals surface area (Å²) >= 11 is 5.48. The second-order valence-electron chi connectivity index (χ2n) is 2.05. The van der Waals surface area contributed by atoms with Gasteiger partial charge in [0.15, 0.2) is 0 Å². The first kappa shape index (κ1) is 7.35. The number of rotatable bonds is 1. The summed E-state index contributed by atoms with van der Waals surface area (Å²) in [5.74, 6) is 0.425. The second-order valence-corrected chi connectivity index (χ2v) is 2.32. The van der Waals surface area contributed by atoms with E-state index in [0.717, 1.165) is 5.69 Å². The van der Waals surface area contributed by atoms with Crippen LogP contribution in [0, 0.1) is 6.92 Å². The van der Waals surface area contributed by atoms with Crippen molar-refractivity contribution in [1.82, 2.24) is 4.98 Å². The molecule has 54 valence electrons. The van der Waals surface area contributed by atoms with Crippen LogP contribution in [0.3, 0.4) is 0 Å². The first-order valence-electron chi connectivity index (χ1n) is 2.95. The number of halogens is 1. The number of hydrogen-bond acceptors (Lipinski definition) is 2. The fourth-order valence-corrected chi connectivity index (χ4v) is 0.898. The lowest BCUT2D eigenvalue weighted by Gasteiger charge is -1.98. The van der Waals surface area contributed by atoms with Crippen LogP contribution >= 0.6 is 11.6 Å². The van der Waals surface area contributed by atoms with Gasteiger partial charge in [-0.15, -0.1) is 11.6 Å². The Balaban J connectivity index is 3.09. The Labute approximate surface area is 64.5 Å². The third-order valence-electron chi connectivity index (χ3n) is 1.22. The highest BCUT2D eigenvalue weighted by Crippen LogP contribution is 2.15. The van der Waals surface area contributed by atoms with E-state index in [1.54, 1.807) is 12.1 Å². The number of pyridine rings is 1. The van der Waals surface area contributed by atoms with Gasteiger partial charge in [-0.05, 0) is 19.1 Å². The molecule has 0 aromatic carbocycles. The van der Waals surface area contributed by atoms with Gasteiger partial charge < -0.3 is 5.11 Å². The first-order chi connectivity index (χ1) is 4.74. The molecule has 0 aliphatic carbocycles. The molecular weight excluding hydrogens is 150 g/mol. The van der Waals surface area contributed by atoms with Gasteiger partial charge in [0, 0.05) is 5.69 Å². The van der Waals surface area contributed by atoms with E-state index in [0.29, 0.717) is 5.69 Å². The van der Waals surface area contributed by atoms with Gasteiger partial charge in [0.1, 0.15) is 5.75 Å². The predicted molar refractivity (Wildman–Crippen MR) is 40.2 cm³/mol. The van der Waals surface area contributed by atoms with Gasteiger partial charge in [-0.1, -0.05) is 0 Å². The molecule has 3 heteroatoms. The molecule has 0 saturated carbocycles. The normalized spacial score (nSPS) is 9.80. The smallest absolute Gasteiger partial charge is 0.138 e. The Bertz CT molecular complexity index is 237. The molecular formula is C7H8ClNO. The molecule has 0 saturated heterocycles. The van der Waals surface area contributed by atoms with E-state index >= 15 is 0 Å². The zero-order chi connectivity index (χ0) is 7.56. The summed E-state index contributed by atoms with van der Waals surface area (Å²) < 4.78 is 0. The van der Waals surface area contributed by atoms with Crippen LogP contribution in [0.2, 0.25) is 0 Å². The topological polar surface area (TPSA) is 33.1 Å². The van der Waals surface area contributed by atoms with E-state index in [9.17, 15) is 0 Å². The van der Waals surface area contributed by atoms with Gasteiger partial charge in [0.2, 0.25) is 0 Å². The van der Waals surface area contributed by atoms with E-state index in [1.807, 2.05) is 6.92 Å². The van der Waals surface area contributed by atoms with Crippen molar-refractivity contribution in [3.05, 3.63) is 23.5 Å². The lowest BCUT2D eigenvalue weighted by Crippen LogP contribution is -1.87. The molecule has 2 nitrogen and oxygen atoms in total. The van der Waals surface area contributed by atoms with Crippen LogP contribution in [0.4, 0.5) is 0 Å². The standard InChI is InChI=1S/C7H8ClNO/c1-5-2-3-7(10)6(4-8)9-5/h2-3,10H,4H2,1H3. The fraction of sp³-hybridized carbons (Fsp3) is 0.286. The first-order valence-corrected chi connectivity index (χ1v) is 3.49. The van der Waals surface area contributed by atoms with Crippen molar-refractivity contribution in [2.45, 2.75) is 12.8 Å². The van der Waals surface area contributed by atoms with Crippen LogP contribution in [0.1, 0.15) is 11.4 Å². The largest absolute Gasteiger partial charge is 0.506 e. The van der Waals surface area contributed by atoms with Gasteiger partial charge in [-0.3, -0.25) is 4.98 Å². The number of alkyl halides is 1. The lowest BCUT2D eigenvalue weighted by atomic mass is 10.3. The van der Waals surface area contributed by atoms with Crippen molar-refractivity contribution in [2.75, 3.05) is 0 Å². The highest BCUT2D eigenvalue weighted by atomic mass is 35.5. The van der Waals surface area contributed by atoms with Gasteiger partial charge in [0.05, 0.1) is 11.6 Å². The van der Waals surface area contributed by atoms with Crippen molar-refractivity contribution in [1.29, 1.82) is 0 Å². The third kappa shape index (κ3) is 1.39. The molecule has 0 atom stereocenters. The minimum atomic E-state index is 0.167. The number of hydrogen-bond donors (Lipinski definition) is 1. The number of aryl methyl sites for hydroxylation is 1. The van der Waals surface area contributed by atoms with E-state index in [1.165, 1.54) is 0 Å². The molecule has 0 aliphatic rings. The molecule has 0 aliphatic heterocycles. The summed E-state index contributed by atoms with van der Waals surface area (Å²) in [7, 11) is 0. The van der Waals surface area contributed by atoms with Gasteiger partial charge in [0.25, 0.3) is 0 Å². The lowest BCUT2D eigenvalue weighted by molar-refractivity contribution is 0.466. The molecule has 10 heavy (non-hydrogen) atoms. The summed E-state index contributed by atoms with van der Waals surface area (Å²) in [6.45, 7) is 1.86. The number of nitrogens with zero attached hydrogens (tertiary/aromatic N) is 1. The number of aromatic hydroxyl groups is 1. The highest BCUT2D eigenvalue weighted by Gasteiger charge is 1.99. The summed E-state index contributed by atoms with van der Waals surface area (Å²) in [5.41, 5.74) is 1.41. The zero-order valence-electron chi connectivity index (χ0n) is 5.63. The molecule has 0 radical (unpaired) electrons. The van der Waals surface area contributed by atoms with Crippen molar-refractivity contribution < 1.29 is 5.11 Å². The van der Waals surface area contributed by atoms with E-state index in [2.05, 4.69) is 4.98 Å². The van der Waals surface area contributed by atoms with Crippen molar-refractivity contribution in [3.63, 3.8) is 0 Å². The molecule has 1 aromatic heterocycles. The van der Waals surface area contributed by atoms with Crippen LogP contribution in [0.15, 0.2) is 12.1 Å². The Hall–Kier alpha value is -0.760. The quantitative estimate of drug-likeness (QED) is 0.631. The van der Waals surface area contributed by atoms with Crippen molar-refractivity contribution in [3.8, 4) is 5.75 Å². The van der Waals surface area contributed by atoms with Crippen molar-refractivity contribution in [2.24, 2.45) is 0 Å². The molecule has 1 rings (SSSR count). The highest BCUT2D eigenvalue weighted by molar-refractivity contribution is 6.17. The molecule has 0 bridgehead atoms. The Kier molecular flexibility index (Phi) is 2.12. The summed E-state index contributed by atoms with van der Waals surface area (Å²) in [6.07, 6.45) is 0. The molecule has 0 spiro atoms. The van der Waals surface area contributed by atoms with Crippen LogP contribution in [0.25, 0.3) is 0 Å². The molecule has 0 unspecified atom stereocenters. The Morgan fingerprint density at radius 2 is 2.30 bits per heavy atom.